The predicted octanol–water partition coefficient (Wildman–Crippen LogP) is 2.40. The van der Waals surface area contributed by atoms with Crippen LogP contribution in [0, 0.1) is 0 Å². The first-order valence-electron chi connectivity index (χ1n) is 4.59. The van der Waals surface area contributed by atoms with Gasteiger partial charge in [-0.15, -0.1) is 0 Å². The maximum atomic E-state index is 5.73. The first-order valence-corrected chi connectivity index (χ1v) is 5.83. The normalized spacial score (nSPS) is 29.5. The Labute approximate surface area is 88.1 Å². The summed E-state index contributed by atoms with van der Waals surface area (Å²) in [5, 5.41) is 0. The van der Waals surface area contributed by atoms with Crippen LogP contribution >= 0.6 is 22.6 Å². The van der Waals surface area contributed by atoms with Crippen molar-refractivity contribution in [2.75, 3.05) is 20.3 Å². The molecule has 0 amide bonds. The molecule has 1 aliphatic rings. The fourth-order valence-electron chi connectivity index (χ4n) is 1.51. The molecule has 2 nitrogen and oxygen atoms in total. The van der Waals surface area contributed by atoms with Gasteiger partial charge in [-0.05, 0) is 25.7 Å². The van der Waals surface area contributed by atoms with Gasteiger partial charge in [0, 0.05) is 24.2 Å². The van der Waals surface area contributed by atoms with Gasteiger partial charge in [0.1, 0.15) is 0 Å². The number of hydrogen-bond acceptors (Lipinski definition) is 2. The number of alkyl halides is 1. The van der Waals surface area contributed by atoms with Gasteiger partial charge in [0.2, 0.25) is 0 Å². The minimum absolute atomic E-state index is 0.516. The maximum Gasteiger partial charge on any atom is 0.0692 e. The SMILES string of the molecule is COCCCOC1CCCC1I. The molecular formula is C9H17IO2. The summed E-state index contributed by atoms with van der Waals surface area (Å²) in [6.07, 6.45) is 5.46. The van der Waals surface area contributed by atoms with Crippen molar-refractivity contribution >= 4 is 22.6 Å². The average molecular weight is 284 g/mol. The molecular weight excluding hydrogens is 267 g/mol. The van der Waals surface area contributed by atoms with Gasteiger partial charge in [-0.3, -0.25) is 0 Å². The topological polar surface area (TPSA) is 18.5 Å². The van der Waals surface area contributed by atoms with Crippen LogP contribution in [-0.4, -0.2) is 30.4 Å². The lowest BCUT2D eigenvalue weighted by molar-refractivity contribution is 0.0489. The minimum Gasteiger partial charge on any atom is -0.385 e. The number of halogens is 1. The summed E-state index contributed by atoms with van der Waals surface area (Å²) in [6, 6.07) is 0. The highest BCUT2D eigenvalue weighted by Gasteiger charge is 2.24. The van der Waals surface area contributed by atoms with E-state index in [4.69, 9.17) is 9.47 Å². The van der Waals surface area contributed by atoms with E-state index in [1.807, 2.05) is 0 Å². The molecule has 72 valence electrons. The highest BCUT2D eigenvalue weighted by Crippen LogP contribution is 2.28. The van der Waals surface area contributed by atoms with E-state index in [0.717, 1.165) is 23.6 Å². The van der Waals surface area contributed by atoms with Crippen LogP contribution in [0.25, 0.3) is 0 Å². The predicted molar refractivity (Wildman–Crippen MR) is 57.9 cm³/mol. The second-order valence-electron chi connectivity index (χ2n) is 3.20. The number of hydrogen-bond donors (Lipinski definition) is 0. The van der Waals surface area contributed by atoms with Gasteiger partial charge >= 0.3 is 0 Å². The van der Waals surface area contributed by atoms with Gasteiger partial charge in [0.25, 0.3) is 0 Å². The first-order chi connectivity index (χ1) is 5.84. The van der Waals surface area contributed by atoms with Gasteiger partial charge < -0.3 is 9.47 Å². The highest BCUT2D eigenvalue weighted by atomic mass is 127. The second-order valence-corrected chi connectivity index (χ2v) is 4.80. The third kappa shape index (κ3) is 3.58. The molecule has 0 bridgehead atoms. The van der Waals surface area contributed by atoms with Crippen LogP contribution in [0.3, 0.4) is 0 Å². The summed E-state index contributed by atoms with van der Waals surface area (Å²) in [6.45, 7) is 1.68. The quantitative estimate of drug-likeness (QED) is 0.438. The van der Waals surface area contributed by atoms with Crippen molar-refractivity contribution in [2.24, 2.45) is 0 Å². The molecule has 2 unspecified atom stereocenters. The smallest absolute Gasteiger partial charge is 0.0692 e. The van der Waals surface area contributed by atoms with Crippen LogP contribution in [0.15, 0.2) is 0 Å². The zero-order valence-corrected chi connectivity index (χ0v) is 9.75. The molecule has 0 radical (unpaired) electrons. The first kappa shape index (κ1) is 10.7. The van der Waals surface area contributed by atoms with Crippen LogP contribution < -0.4 is 0 Å². The zero-order valence-electron chi connectivity index (χ0n) is 7.59. The fraction of sp³-hybridized carbons (Fsp3) is 1.00. The molecule has 0 aromatic rings. The molecule has 0 aliphatic heterocycles. The third-order valence-corrected chi connectivity index (χ3v) is 3.62. The molecule has 3 heteroatoms. The van der Waals surface area contributed by atoms with E-state index in [1.165, 1.54) is 19.3 Å². The van der Waals surface area contributed by atoms with Gasteiger partial charge in [0.05, 0.1) is 6.10 Å². The molecule has 1 aliphatic carbocycles. The molecule has 0 aromatic carbocycles. The summed E-state index contributed by atoms with van der Waals surface area (Å²) in [4.78, 5) is 0. The van der Waals surface area contributed by atoms with E-state index in [1.54, 1.807) is 7.11 Å². The Bertz CT molecular complexity index is 119. The van der Waals surface area contributed by atoms with Crippen molar-refractivity contribution < 1.29 is 9.47 Å². The zero-order chi connectivity index (χ0) is 8.81. The lowest BCUT2D eigenvalue weighted by atomic mass is 10.3. The van der Waals surface area contributed by atoms with Crippen LogP contribution in [0.1, 0.15) is 25.7 Å². The van der Waals surface area contributed by atoms with Gasteiger partial charge in [-0.25, -0.2) is 0 Å². The van der Waals surface area contributed by atoms with E-state index in [2.05, 4.69) is 22.6 Å². The van der Waals surface area contributed by atoms with E-state index in [-0.39, 0.29) is 0 Å². The van der Waals surface area contributed by atoms with Gasteiger partial charge in [-0.1, -0.05) is 22.6 Å². The monoisotopic (exact) mass is 284 g/mol. The molecule has 1 saturated carbocycles. The molecule has 12 heavy (non-hydrogen) atoms. The molecule has 0 saturated heterocycles. The average Bonchev–Trinajstić information content (AvgIpc) is 2.46. The molecule has 0 aromatic heterocycles. The fourth-order valence-corrected chi connectivity index (χ4v) is 2.51. The molecule has 1 rings (SSSR count). The van der Waals surface area contributed by atoms with E-state index in [9.17, 15) is 0 Å². The molecule has 1 fully saturated rings. The van der Waals surface area contributed by atoms with Gasteiger partial charge in [-0.2, -0.15) is 0 Å². The minimum atomic E-state index is 0.516. The van der Waals surface area contributed by atoms with Crippen molar-refractivity contribution in [3.63, 3.8) is 0 Å². The lowest BCUT2D eigenvalue weighted by Crippen LogP contribution is -2.18. The van der Waals surface area contributed by atoms with E-state index >= 15 is 0 Å². The summed E-state index contributed by atoms with van der Waals surface area (Å²) < 4.78 is 11.4. The van der Waals surface area contributed by atoms with Crippen LogP contribution in [0.2, 0.25) is 0 Å². The summed E-state index contributed by atoms with van der Waals surface area (Å²) in [7, 11) is 1.73. The summed E-state index contributed by atoms with van der Waals surface area (Å²) in [5.74, 6) is 0. The Morgan fingerprint density at radius 3 is 2.75 bits per heavy atom. The van der Waals surface area contributed by atoms with Crippen molar-refractivity contribution in [2.45, 2.75) is 35.7 Å². The largest absolute Gasteiger partial charge is 0.385 e. The third-order valence-electron chi connectivity index (χ3n) is 2.20. The summed E-state index contributed by atoms with van der Waals surface area (Å²) >= 11 is 2.50. The second kappa shape index (κ2) is 6.16. The van der Waals surface area contributed by atoms with Crippen LogP contribution in [-0.2, 0) is 9.47 Å². The lowest BCUT2D eigenvalue weighted by Gasteiger charge is -2.14. The van der Waals surface area contributed by atoms with Crippen LogP contribution in [0.4, 0.5) is 0 Å². The van der Waals surface area contributed by atoms with Crippen molar-refractivity contribution in [3.05, 3.63) is 0 Å². The van der Waals surface area contributed by atoms with Crippen molar-refractivity contribution in [1.82, 2.24) is 0 Å². The maximum absolute atomic E-state index is 5.73. The standard InChI is InChI=1S/C9H17IO2/c1-11-6-3-7-12-9-5-2-4-8(9)10/h8-9H,2-7H2,1H3. The van der Waals surface area contributed by atoms with Crippen molar-refractivity contribution in [1.29, 1.82) is 0 Å². The molecule has 0 heterocycles. The Morgan fingerprint density at radius 2 is 2.17 bits per heavy atom. The summed E-state index contributed by atoms with van der Waals surface area (Å²) in [5.41, 5.74) is 0. The van der Waals surface area contributed by atoms with E-state index in [0.29, 0.717) is 6.10 Å². The molecule has 0 spiro atoms. The number of methoxy groups -OCH3 is 1. The number of rotatable bonds is 5. The molecule has 0 N–H and O–H groups in total. The Kier molecular flexibility index (Phi) is 5.50. The van der Waals surface area contributed by atoms with E-state index < -0.39 is 0 Å². The Hall–Kier alpha value is 0.650. The van der Waals surface area contributed by atoms with Crippen LogP contribution in [0.5, 0.6) is 0 Å². The van der Waals surface area contributed by atoms with Gasteiger partial charge in [0.15, 0.2) is 0 Å². The number of ether oxygens (including phenoxy) is 2. The Morgan fingerprint density at radius 1 is 1.33 bits per heavy atom. The highest BCUT2D eigenvalue weighted by molar-refractivity contribution is 14.1. The Balaban J connectivity index is 1.98. The molecule has 2 atom stereocenters. The van der Waals surface area contributed by atoms with Crippen molar-refractivity contribution in [3.8, 4) is 0 Å².